The summed E-state index contributed by atoms with van der Waals surface area (Å²) >= 11 is 0. The molecule has 3 rings (SSSR count). The Labute approximate surface area is 136 Å². The molecule has 0 spiro atoms. The van der Waals surface area contributed by atoms with Crippen LogP contribution in [0.4, 0.5) is 13.2 Å². The number of aromatic nitrogens is 4. The van der Waals surface area contributed by atoms with E-state index in [0.717, 1.165) is 23.2 Å². The second kappa shape index (κ2) is 6.58. The average molecular weight is 339 g/mol. The van der Waals surface area contributed by atoms with Gasteiger partial charge >= 0.3 is 6.18 Å². The monoisotopic (exact) mass is 339 g/mol. The molecule has 3 heterocycles. The first-order valence-electron chi connectivity index (χ1n) is 7.58. The van der Waals surface area contributed by atoms with Crippen molar-refractivity contribution in [1.29, 1.82) is 0 Å². The van der Waals surface area contributed by atoms with Gasteiger partial charge in [-0.25, -0.2) is 9.97 Å². The van der Waals surface area contributed by atoms with E-state index in [0.29, 0.717) is 13.1 Å². The van der Waals surface area contributed by atoms with Gasteiger partial charge in [-0.05, 0) is 25.0 Å². The number of rotatable bonds is 3. The summed E-state index contributed by atoms with van der Waals surface area (Å²) in [4.78, 5) is 22.1. The molecule has 24 heavy (non-hydrogen) atoms. The fraction of sp³-hybridized carbons (Fsp3) is 0.467. The molecule has 1 amide bonds. The van der Waals surface area contributed by atoms with Crippen LogP contribution in [0.1, 0.15) is 34.9 Å². The van der Waals surface area contributed by atoms with E-state index in [2.05, 4.69) is 15.1 Å². The Balaban J connectivity index is 1.59. The Hall–Kier alpha value is -2.45. The van der Waals surface area contributed by atoms with Crippen molar-refractivity contribution in [3.05, 3.63) is 42.2 Å². The lowest BCUT2D eigenvalue weighted by Gasteiger charge is -2.31. The first-order chi connectivity index (χ1) is 11.4. The Kier molecular flexibility index (Phi) is 4.50. The van der Waals surface area contributed by atoms with Crippen molar-refractivity contribution < 1.29 is 18.0 Å². The molecule has 0 aliphatic carbocycles. The number of hydrogen-bond donors (Lipinski definition) is 0. The minimum absolute atomic E-state index is 0.0414. The lowest BCUT2D eigenvalue weighted by Crippen LogP contribution is -2.38. The summed E-state index contributed by atoms with van der Waals surface area (Å²) in [7, 11) is 0. The topological polar surface area (TPSA) is 63.9 Å². The molecule has 0 aromatic carbocycles. The van der Waals surface area contributed by atoms with Gasteiger partial charge < -0.3 is 4.90 Å². The summed E-state index contributed by atoms with van der Waals surface area (Å²) in [5, 5.41) is 3.73. The molecule has 1 fully saturated rings. The normalized spacial score (nSPS) is 16.4. The Morgan fingerprint density at radius 3 is 2.62 bits per heavy atom. The van der Waals surface area contributed by atoms with Crippen molar-refractivity contribution in [1.82, 2.24) is 24.6 Å². The van der Waals surface area contributed by atoms with Gasteiger partial charge in [0.05, 0.1) is 0 Å². The van der Waals surface area contributed by atoms with Gasteiger partial charge in [-0.2, -0.15) is 18.3 Å². The van der Waals surface area contributed by atoms with Gasteiger partial charge in [0.1, 0.15) is 18.6 Å². The van der Waals surface area contributed by atoms with Gasteiger partial charge in [-0.3, -0.25) is 9.48 Å². The molecule has 0 radical (unpaired) electrons. The molecule has 9 heteroatoms. The molecule has 0 atom stereocenters. The van der Waals surface area contributed by atoms with Crippen molar-refractivity contribution in [2.24, 2.45) is 0 Å². The predicted octanol–water partition coefficient (Wildman–Crippen LogP) is 2.26. The minimum atomic E-state index is -4.36. The molecule has 0 saturated carbocycles. The molecule has 128 valence electrons. The molecular weight excluding hydrogens is 323 g/mol. The second-order valence-corrected chi connectivity index (χ2v) is 5.71. The summed E-state index contributed by atoms with van der Waals surface area (Å²) < 4.78 is 37.8. The zero-order valence-corrected chi connectivity index (χ0v) is 12.8. The lowest BCUT2D eigenvalue weighted by molar-refractivity contribution is -0.142. The first-order valence-corrected chi connectivity index (χ1v) is 7.58. The van der Waals surface area contributed by atoms with Crippen LogP contribution in [0.5, 0.6) is 0 Å². The van der Waals surface area contributed by atoms with E-state index in [4.69, 9.17) is 0 Å². The zero-order chi connectivity index (χ0) is 17.2. The Morgan fingerprint density at radius 2 is 2.00 bits per heavy atom. The molecule has 0 bridgehead atoms. The number of halogens is 3. The number of carbonyl (C=O) groups excluding carboxylic acids is 1. The molecular formula is C15H16F3N5O. The van der Waals surface area contributed by atoms with E-state index >= 15 is 0 Å². The smallest absolute Gasteiger partial charge is 0.337 e. The van der Waals surface area contributed by atoms with Crippen LogP contribution in [0.2, 0.25) is 0 Å². The fourth-order valence-corrected chi connectivity index (χ4v) is 2.83. The summed E-state index contributed by atoms with van der Waals surface area (Å²) in [6.45, 7) is -0.144. The molecule has 1 saturated heterocycles. The Morgan fingerprint density at radius 1 is 1.25 bits per heavy atom. The maximum Gasteiger partial charge on any atom is 0.408 e. The number of amides is 1. The largest absolute Gasteiger partial charge is 0.408 e. The van der Waals surface area contributed by atoms with Gasteiger partial charge in [0.15, 0.2) is 0 Å². The van der Waals surface area contributed by atoms with E-state index in [1.54, 1.807) is 11.1 Å². The van der Waals surface area contributed by atoms with Crippen LogP contribution >= 0.6 is 0 Å². The summed E-state index contributed by atoms with van der Waals surface area (Å²) in [5.41, 5.74) is 0.992. The highest BCUT2D eigenvalue weighted by molar-refractivity contribution is 5.92. The molecule has 1 aliphatic heterocycles. The molecule has 6 nitrogen and oxygen atoms in total. The number of nitrogens with zero attached hydrogens (tertiary/aromatic N) is 5. The van der Waals surface area contributed by atoms with Crippen molar-refractivity contribution in [2.75, 3.05) is 13.1 Å². The van der Waals surface area contributed by atoms with E-state index in [-0.39, 0.29) is 17.5 Å². The molecule has 0 unspecified atom stereocenters. The summed E-state index contributed by atoms with van der Waals surface area (Å²) in [6.07, 6.45) is 1.52. The van der Waals surface area contributed by atoms with E-state index in [9.17, 15) is 18.0 Å². The number of likely N-dealkylation sites (tertiary alicyclic amines) is 1. The molecule has 2 aromatic rings. The zero-order valence-electron chi connectivity index (χ0n) is 12.8. The molecule has 0 N–H and O–H groups in total. The third-order valence-corrected chi connectivity index (χ3v) is 4.01. The Bertz CT molecular complexity index is 693. The van der Waals surface area contributed by atoms with Crippen molar-refractivity contribution in [3.8, 4) is 0 Å². The van der Waals surface area contributed by atoms with Crippen LogP contribution in [0.25, 0.3) is 0 Å². The maximum absolute atomic E-state index is 12.4. The van der Waals surface area contributed by atoms with Gasteiger partial charge in [0.25, 0.3) is 5.91 Å². The van der Waals surface area contributed by atoms with Gasteiger partial charge in [-0.1, -0.05) is 0 Å². The van der Waals surface area contributed by atoms with Gasteiger partial charge in [0, 0.05) is 37.1 Å². The summed E-state index contributed by atoms with van der Waals surface area (Å²) in [6, 6.07) is 3.19. The molecule has 2 aromatic heterocycles. The van der Waals surface area contributed by atoms with Crippen LogP contribution in [0.3, 0.4) is 0 Å². The second-order valence-electron chi connectivity index (χ2n) is 5.71. The highest BCUT2D eigenvalue weighted by atomic mass is 19.4. The number of carbonyl (C=O) groups is 1. The third-order valence-electron chi connectivity index (χ3n) is 4.01. The molecule has 1 aliphatic rings. The highest BCUT2D eigenvalue weighted by Crippen LogP contribution is 2.26. The standard InChI is InChI=1S/C15H16F3N5O/c16-15(17,18)9-23-8-4-13(21-23)14(24)22-6-2-11(3-7-22)12-1-5-19-10-20-12/h1,4-5,8,10-11H,2-3,6-7,9H2. The third kappa shape index (κ3) is 3.90. The van der Waals surface area contributed by atoms with Gasteiger partial charge in [0.2, 0.25) is 0 Å². The fourth-order valence-electron chi connectivity index (χ4n) is 2.83. The maximum atomic E-state index is 12.4. The number of alkyl halides is 3. The van der Waals surface area contributed by atoms with Crippen LogP contribution in [0.15, 0.2) is 30.9 Å². The number of hydrogen-bond acceptors (Lipinski definition) is 4. The van der Waals surface area contributed by atoms with Crippen LogP contribution in [-0.2, 0) is 6.54 Å². The quantitative estimate of drug-likeness (QED) is 0.860. The predicted molar refractivity (Wildman–Crippen MR) is 78.2 cm³/mol. The van der Waals surface area contributed by atoms with E-state index in [1.807, 2.05) is 6.07 Å². The average Bonchev–Trinajstić information content (AvgIpc) is 3.01. The van der Waals surface area contributed by atoms with Crippen molar-refractivity contribution in [3.63, 3.8) is 0 Å². The van der Waals surface area contributed by atoms with E-state index < -0.39 is 12.7 Å². The summed E-state index contributed by atoms with van der Waals surface area (Å²) in [5.74, 6) is -0.0723. The highest BCUT2D eigenvalue weighted by Gasteiger charge is 2.30. The SMILES string of the molecule is O=C(c1ccn(CC(F)(F)F)n1)N1CCC(c2ccncn2)CC1. The van der Waals surface area contributed by atoms with Gasteiger partial charge in [-0.15, -0.1) is 0 Å². The van der Waals surface area contributed by atoms with Crippen LogP contribution < -0.4 is 0 Å². The van der Waals surface area contributed by atoms with Crippen LogP contribution in [0, 0.1) is 0 Å². The van der Waals surface area contributed by atoms with E-state index in [1.165, 1.54) is 18.6 Å². The first kappa shape index (κ1) is 16.4. The number of piperidine rings is 1. The minimum Gasteiger partial charge on any atom is -0.337 e. The lowest BCUT2D eigenvalue weighted by atomic mass is 9.93. The van der Waals surface area contributed by atoms with Crippen molar-refractivity contribution in [2.45, 2.75) is 31.5 Å². The van der Waals surface area contributed by atoms with Crippen LogP contribution in [-0.4, -0.2) is 49.8 Å². The van der Waals surface area contributed by atoms with Crippen molar-refractivity contribution >= 4 is 5.91 Å².